The standard InChI is InChI=1S/C17H15BrF3NO2/c1-11(24-15-7-3-6-14(18)9-15)16(23)22-10-12-4-2-5-13(8-12)17(19,20)21/h2-9,11H,10H2,1H3,(H,22,23). The van der Waals surface area contributed by atoms with E-state index in [4.69, 9.17) is 4.74 Å². The third-order valence-corrected chi connectivity index (χ3v) is 3.69. The molecule has 0 aliphatic carbocycles. The molecule has 0 heterocycles. The van der Waals surface area contributed by atoms with Crippen molar-refractivity contribution in [2.75, 3.05) is 0 Å². The summed E-state index contributed by atoms with van der Waals surface area (Å²) in [5.74, 6) is 0.110. The van der Waals surface area contributed by atoms with E-state index < -0.39 is 23.8 Å². The molecular weight excluding hydrogens is 387 g/mol. The Bertz CT molecular complexity index is 719. The maximum atomic E-state index is 12.7. The molecule has 24 heavy (non-hydrogen) atoms. The van der Waals surface area contributed by atoms with Crippen LogP contribution in [-0.2, 0) is 17.5 Å². The monoisotopic (exact) mass is 401 g/mol. The van der Waals surface area contributed by atoms with Gasteiger partial charge in [0, 0.05) is 11.0 Å². The molecule has 2 aromatic carbocycles. The summed E-state index contributed by atoms with van der Waals surface area (Å²) in [5.41, 5.74) is -0.375. The first-order chi connectivity index (χ1) is 11.3. The highest BCUT2D eigenvalue weighted by Crippen LogP contribution is 2.29. The number of benzene rings is 2. The SMILES string of the molecule is CC(Oc1cccc(Br)c1)C(=O)NCc1cccc(C(F)(F)F)c1. The number of carbonyl (C=O) groups excluding carboxylic acids is 1. The summed E-state index contributed by atoms with van der Waals surface area (Å²) in [7, 11) is 0. The van der Waals surface area contributed by atoms with E-state index >= 15 is 0 Å². The predicted molar refractivity (Wildman–Crippen MR) is 87.5 cm³/mol. The zero-order valence-corrected chi connectivity index (χ0v) is 14.3. The second kappa shape index (κ2) is 7.70. The Balaban J connectivity index is 1.93. The number of nitrogens with one attached hydrogen (secondary N) is 1. The first kappa shape index (κ1) is 18.3. The van der Waals surface area contributed by atoms with Crippen LogP contribution >= 0.6 is 15.9 Å². The smallest absolute Gasteiger partial charge is 0.416 e. The van der Waals surface area contributed by atoms with Crippen LogP contribution in [-0.4, -0.2) is 12.0 Å². The molecule has 1 amide bonds. The van der Waals surface area contributed by atoms with Gasteiger partial charge in [-0.15, -0.1) is 0 Å². The molecule has 1 atom stereocenters. The minimum absolute atomic E-state index is 0.00502. The third kappa shape index (κ3) is 5.26. The molecule has 3 nitrogen and oxygen atoms in total. The van der Waals surface area contributed by atoms with E-state index in [0.717, 1.165) is 16.6 Å². The van der Waals surface area contributed by atoms with Gasteiger partial charge in [0.25, 0.3) is 5.91 Å². The van der Waals surface area contributed by atoms with E-state index in [1.165, 1.54) is 12.1 Å². The Morgan fingerprint density at radius 3 is 2.58 bits per heavy atom. The number of carbonyl (C=O) groups is 1. The molecule has 2 rings (SSSR count). The lowest BCUT2D eigenvalue weighted by Gasteiger charge is -2.15. The number of ether oxygens (including phenoxy) is 1. The highest BCUT2D eigenvalue weighted by Gasteiger charge is 2.30. The summed E-state index contributed by atoms with van der Waals surface area (Å²) >= 11 is 3.30. The normalized spacial score (nSPS) is 12.5. The van der Waals surface area contributed by atoms with E-state index in [1.807, 2.05) is 6.07 Å². The third-order valence-electron chi connectivity index (χ3n) is 3.20. The van der Waals surface area contributed by atoms with Gasteiger partial charge >= 0.3 is 6.18 Å². The van der Waals surface area contributed by atoms with E-state index in [-0.39, 0.29) is 6.54 Å². The van der Waals surface area contributed by atoms with Crippen LogP contribution in [0.15, 0.2) is 53.0 Å². The van der Waals surface area contributed by atoms with Gasteiger partial charge in [-0.2, -0.15) is 13.2 Å². The lowest BCUT2D eigenvalue weighted by Crippen LogP contribution is -2.35. The van der Waals surface area contributed by atoms with E-state index in [1.54, 1.807) is 25.1 Å². The molecule has 0 bridgehead atoms. The van der Waals surface area contributed by atoms with Crippen molar-refractivity contribution in [3.63, 3.8) is 0 Å². The number of alkyl halides is 3. The second-order valence-corrected chi connectivity index (χ2v) is 6.05. The van der Waals surface area contributed by atoms with Crippen molar-refractivity contribution in [2.24, 2.45) is 0 Å². The average Bonchev–Trinajstić information content (AvgIpc) is 2.52. The molecule has 0 aliphatic rings. The van der Waals surface area contributed by atoms with Crippen molar-refractivity contribution >= 4 is 21.8 Å². The van der Waals surface area contributed by atoms with Crippen molar-refractivity contribution in [1.82, 2.24) is 5.32 Å². The lowest BCUT2D eigenvalue weighted by atomic mass is 10.1. The van der Waals surface area contributed by atoms with Crippen LogP contribution in [0.4, 0.5) is 13.2 Å². The van der Waals surface area contributed by atoms with E-state index in [9.17, 15) is 18.0 Å². The maximum Gasteiger partial charge on any atom is 0.416 e. The van der Waals surface area contributed by atoms with Crippen LogP contribution in [0.3, 0.4) is 0 Å². The van der Waals surface area contributed by atoms with Crippen LogP contribution in [0, 0.1) is 0 Å². The quantitative estimate of drug-likeness (QED) is 0.797. The summed E-state index contributed by atoms with van der Waals surface area (Å²) in [4.78, 5) is 12.0. The average molecular weight is 402 g/mol. The molecule has 0 spiro atoms. The molecule has 2 aromatic rings. The molecule has 0 fully saturated rings. The van der Waals surface area contributed by atoms with E-state index in [2.05, 4.69) is 21.2 Å². The van der Waals surface area contributed by atoms with Gasteiger partial charge in [-0.05, 0) is 42.8 Å². The number of amides is 1. The molecule has 1 unspecified atom stereocenters. The first-order valence-corrected chi connectivity index (χ1v) is 7.91. The van der Waals surface area contributed by atoms with Crippen molar-refractivity contribution in [2.45, 2.75) is 25.7 Å². The fourth-order valence-electron chi connectivity index (χ4n) is 1.99. The topological polar surface area (TPSA) is 38.3 Å². The maximum absolute atomic E-state index is 12.7. The fourth-order valence-corrected chi connectivity index (χ4v) is 2.37. The van der Waals surface area contributed by atoms with Crippen molar-refractivity contribution in [3.8, 4) is 5.75 Å². The van der Waals surface area contributed by atoms with Crippen LogP contribution < -0.4 is 10.1 Å². The fraction of sp³-hybridized carbons (Fsp3) is 0.235. The zero-order chi connectivity index (χ0) is 17.7. The van der Waals surface area contributed by atoms with Crippen LogP contribution in [0.2, 0.25) is 0 Å². The van der Waals surface area contributed by atoms with Crippen LogP contribution in [0.5, 0.6) is 5.75 Å². The van der Waals surface area contributed by atoms with E-state index in [0.29, 0.717) is 11.3 Å². The molecule has 128 valence electrons. The Kier molecular flexibility index (Phi) is 5.88. The minimum atomic E-state index is -4.41. The Labute approximate surface area is 146 Å². The number of hydrogen-bond acceptors (Lipinski definition) is 2. The van der Waals surface area contributed by atoms with Gasteiger partial charge in [0.15, 0.2) is 6.10 Å². The zero-order valence-electron chi connectivity index (χ0n) is 12.7. The summed E-state index contributed by atoms with van der Waals surface area (Å²) in [6, 6.07) is 11.9. The molecule has 7 heteroatoms. The number of halogens is 4. The van der Waals surface area contributed by atoms with Gasteiger partial charge in [-0.3, -0.25) is 4.79 Å². The van der Waals surface area contributed by atoms with Gasteiger partial charge < -0.3 is 10.1 Å². The van der Waals surface area contributed by atoms with Crippen molar-refractivity contribution < 1.29 is 22.7 Å². The minimum Gasteiger partial charge on any atom is -0.481 e. The molecule has 0 aromatic heterocycles. The predicted octanol–water partition coefficient (Wildman–Crippen LogP) is 4.55. The highest BCUT2D eigenvalue weighted by molar-refractivity contribution is 9.10. The Morgan fingerprint density at radius 1 is 1.21 bits per heavy atom. The van der Waals surface area contributed by atoms with Crippen LogP contribution in [0.25, 0.3) is 0 Å². The summed E-state index contributed by atoms with van der Waals surface area (Å²) in [6.07, 6.45) is -5.18. The van der Waals surface area contributed by atoms with Gasteiger partial charge in [0.1, 0.15) is 5.75 Å². The molecular formula is C17H15BrF3NO2. The van der Waals surface area contributed by atoms with Crippen molar-refractivity contribution in [1.29, 1.82) is 0 Å². The molecule has 0 radical (unpaired) electrons. The summed E-state index contributed by atoms with van der Waals surface area (Å²) < 4.78 is 44.3. The second-order valence-electron chi connectivity index (χ2n) is 5.13. The Hall–Kier alpha value is -2.02. The highest BCUT2D eigenvalue weighted by atomic mass is 79.9. The van der Waals surface area contributed by atoms with Gasteiger partial charge in [-0.25, -0.2) is 0 Å². The Morgan fingerprint density at radius 2 is 1.92 bits per heavy atom. The number of hydrogen-bond donors (Lipinski definition) is 1. The van der Waals surface area contributed by atoms with Crippen LogP contribution in [0.1, 0.15) is 18.1 Å². The first-order valence-electron chi connectivity index (χ1n) is 7.12. The largest absolute Gasteiger partial charge is 0.481 e. The number of rotatable bonds is 5. The molecule has 1 N–H and O–H groups in total. The van der Waals surface area contributed by atoms with Crippen molar-refractivity contribution in [3.05, 3.63) is 64.1 Å². The summed E-state index contributed by atoms with van der Waals surface area (Å²) in [5, 5.41) is 2.57. The lowest BCUT2D eigenvalue weighted by molar-refractivity contribution is -0.137. The molecule has 0 saturated heterocycles. The van der Waals surface area contributed by atoms with Gasteiger partial charge in [0.05, 0.1) is 5.56 Å². The van der Waals surface area contributed by atoms with Gasteiger partial charge in [-0.1, -0.05) is 34.1 Å². The van der Waals surface area contributed by atoms with Gasteiger partial charge in [0.2, 0.25) is 0 Å². The molecule has 0 aliphatic heterocycles. The summed E-state index contributed by atoms with van der Waals surface area (Å²) in [6.45, 7) is 1.57. The molecule has 0 saturated carbocycles.